The standard InChI is InChI=1S/C12H20N2O2S/c1-4-6-7-8-14(3)12-13-9(5-2)10(17-12)11(15)16/h4-8H2,1-3H3,(H,15,16). The van der Waals surface area contributed by atoms with Crippen LogP contribution in [0.5, 0.6) is 0 Å². The zero-order valence-corrected chi connectivity index (χ0v) is 11.5. The number of thiazole rings is 1. The van der Waals surface area contributed by atoms with Gasteiger partial charge in [-0.1, -0.05) is 38.0 Å². The summed E-state index contributed by atoms with van der Waals surface area (Å²) in [4.78, 5) is 17.8. The molecule has 0 unspecified atom stereocenters. The van der Waals surface area contributed by atoms with Crippen LogP contribution in [-0.2, 0) is 6.42 Å². The van der Waals surface area contributed by atoms with Crippen LogP contribution in [-0.4, -0.2) is 29.7 Å². The average molecular weight is 256 g/mol. The molecule has 1 aromatic heterocycles. The fourth-order valence-electron chi connectivity index (χ4n) is 1.60. The van der Waals surface area contributed by atoms with Crippen LogP contribution in [0.25, 0.3) is 0 Å². The Morgan fingerprint density at radius 2 is 2.12 bits per heavy atom. The van der Waals surface area contributed by atoms with E-state index in [0.717, 1.165) is 18.1 Å². The Hall–Kier alpha value is -1.10. The molecule has 1 N–H and O–H groups in total. The van der Waals surface area contributed by atoms with Crippen molar-refractivity contribution in [1.82, 2.24) is 4.98 Å². The lowest BCUT2D eigenvalue weighted by Crippen LogP contribution is -2.18. The fraction of sp³-hybridized carbons (Fsp3) is 0.667. The highest BCUT2D eigenvalue weighted by atomic mass is 32.1. The van der Waals surface area contributed by atoms with Crippen molar-refractivity contribution in [2.75, 3.05) is 18.5 Å². The van der Waals surface area contributed by atoms with E-state index in [1.165, 1.54) is 24.2 Å². The highest BCUT2D eigenvalue weighted by Gasteiger charge is 2.17. The number of carboxylic acid groups (broad SMARTS) is 1. The molecule has 96 valence electrons. The molecule has 0 saturated heterocycles. The molecular formula is C12H20N2O2S. The second-order valence-electron chi connectivity index (χ2n) is 4.06. The van der Waals surface area contributed by atoms with E-state index in [1.807, 2.05) is 18.9 Å². The van der Waals surface area contributed by atoms with Gasteiger partial charge in [0.05, 0.1) is 5.69 Å². The van der Waals surface area contributed by atoms with Crippen LogP contribution in [0.15, 0.2) is 0 Å². The first-order chi connectivity index (χ1) is 8.10. The summed E-state index contributed by atoms with van der Waals surface area (Å²) < 4.78 is 0. The number of hydrogen-bond acceptors (Lipinski definition) is 4. The smallest absolute Gasteiger partial charge is 0.347 e. The number of aryl methyl sites for hydroxylation is 1. The van der Waals surface area contributed by atoms with Crippen LogP contribution in [0.3, 0.4) is 0 Å². The van der Waals surface area contributed by atoms with Gasteiger partial charge in [-0.15, -0.1) is 0 Å². The third-order valence-corrected chi connectivity index (χ3v) is 3.84. The quantitative estimate of drug-likeness (QED) is 0.762. The third-order valence-electron chi connectivity index (χ3n) is 2.64. The van der Waals surface area contributed by atoms with E-state index in [0.29, 0.717) is 17.0 Å². The molecule has 0 aromatic carbocycles. The Labute approximate surface area is 106 Å². The number of unbranched alkanes of at least 4 members (excludes halogenated alkanes) is 2. The molecule has 0 aliphatic heterocycles. The Bertz CT molecular complexity index is 377. The monoisotopic (exact) mass is 256 g/mol. The summed E-state index contributed by atoms with van der Waals surface area (Å²) in [6.07, 6.45) is 4.17. The topological polar surface area (TPSA) is 53.4 Å². The summed E-state index contributed by atoms with van der Waals surface area (Å²) in [7, 11) is 1.97. The van der Waals surface area contributed by atoms with Crippen LogP contribution in [0.1, 0.15) is 48.5 Å². The number of rotatable bonds is 7. The van der Waals surface area contributed by atoms with Crippen LogP contribution in [0.4, 0.5) is 5.13 Å². The first-order valence-corrected chi connectivity index (χ1v) is 6.85. The predicted octanol–water partition coefficient (Wildman–Crippen LogP) is 3.03. The molecule has 17 heavy (non-hydrogen) atoms. The Kier molecular flexibility index (Phi) is 5.41. The molecule has 1 rings (SSSR count). The normalized spacial score (nSPS) is 10.5. The Balaban J connectivity index is 2.73. The molecule has 5 heteroatoms. The molecule has 4 nitrogen and oxygen atoms in total. The van der Waals surface area contributed by atoms with Crippen molar-refractivity contribution >= 4 is 22.4 Å². The predicted molar refractivity (Wildman–Crippen MR) is 71.2 cm³/mol. The first kappa shape index (κ1) is 14.0. The maximum Gasteiger partial charge on any atom is 0.347 e. The van der Waals surface area contributed by atoms with Crippen LogP contribution in [0.2, 0.25) is 0 Å². The van der Waals surface area contributed by atoms with Crippen LogP contribution >= 0.6 is 11.3 Å². The molecule has 0 spiro atoms. The van der Waals surface area contributed by atoms with E-state index in [-0.39, 0.29) is 0 Å². The largest absolute Gasteiger partial charge is 0.477 e. The molecule has 0 aliphatic carbocycles. The van der Waals surface area contributed by atoms with E-state index in [9.17, 15) is 4.79 Å². The first-order valence-electron chi connectivity index (χ1n) is 6.04. The fourth-order valence-corrected chi connectivity index (χ4v) is 2.58. The van der Waals surface area contributed by atoms with Gasteiger partial charge in [0.15, 0.2) is 5.13 Å². The van der Waals surface area contributed by atoms with Crippen LogP contribution < -0.4 is 4.90 Å². The van der Waals surface area contributed by atoms with E-state index in [4.69, 9.17) is 5.11 Å². The second-order valence-corrected chi connectivity index (χ2v) is 5.04. The van der Waals surface area contributed by atoms with Crippen LogP contribution in [0, 0.1) is 0 Å². The Morgan fingerprint density at radius 1 is 1.41 bits per heavy atom. The van der Waals surface area contributed by atoms with Crippen molar-refractivity contribution in [3.05, 3.63) is 10.6 Å². The van der Waals surface area contributed by atoms with Crippen molar-refractivity contribution in [2.45, 2.75) is 39.5 Å². The molecule has 0 saturated carbocycles. The average Bonchev–Trinajstić information content (AvgIpc) is 2.73. The second kappa shape index (κ2) is 6.59. The number of aromatic carboxylic acids is 1. The minimum atomic E-state index is -0.868. The van der Waals surface area contributed by atoms with Crippen molar-refractivity contribution in [3.8, 4) is 0 Å². The van der Waals surface area contributed by atoms with Crippen molar-refractivity contribution in [3.63, 3.8) is 0 Å². The van der Waals surface area contributed by atoms with E-state index in [2.05, 4.69) is 11.9 Å². The number of carboxylic acids is 1. The lowest BCUT2D eigenvalue weighted by Gasteiger charge is -2.14. The molecule has 0 atom stereocenters. The summed E-state index contributed by atoms with van der Waals surface area (Å²) in [6.45, 7) is 5.03. The molecule has 1 aromatic rings. The number of carbonyl (C=O) groups is 1. The maximum absolute atomic E-state index is 11.0. The lowest BCUT2D eigenvalue weighted by atomic mass is 10.2. The minimum absolute atomic E-state index is 0.379. The lowest BCUT2D eigenvalue weighted by molar-refractivity contribution is 0.0701. The summed E-state index contributed by atoms with van der Waals surface area (Å²) in [5, 5.41) is 9.87. The highest BCUT2D eigenvalue weighted by molar-refractivity contribution is 7.17. The van der Waals surface area contributed by atoms with Crippen molar-refractivity contribution < 1.29 is 9.90 Å². The van der Waals surface area contributed by atoms with Gasteiger partial charge in [-0.25, -0.2) is 9.78 Å². The van der Waals surface area contributed by atoms with Gasteiger partial charge < -0.3 is 10.0 Å². The van der Waals surface area contributed by atoms with Gasteiger partial charge in [0, 0.05) is 13.6 Å². The van der Waals surface area contributed by atoms with E-state index in [1.54, 1.807) is 0 Å². The van der Waals surface area contributed by atoms with Gasteiger partial charge in [0.2, 0.25) is 0 Å². The van der Waals surface area contributed by atoms with E-state index < -0.39 is 5.97 Å². The number of hydrogen-bond donors (Lipinski definition) is 1. The Morgan fingerprint density at radius 3 is 2.59 bits per heavy atom. The van der Waals surface area contributed by atoms with Gasteiger partial charge in [-0.2, -0.15) is 0 Å². The highest BCUT2D eigenvalue weighted by Crippen LogP contribution is 2.26. The molecule has 0 amide bonds. The summed E-state index contributed by atoms with van der Waals surface area (Å²) in [5.74, 6) is -0.868. The molecule has 0 bridgehead atoms. The molecule has 0 fully saturated rings. The van der Waals surface area contributed by atoms with Gasteiger partial charge in [-0.05, 0) is 12.8 Å². The van der Waals surface area contributed by atoms with E-state index >= 15 is 0 Å². The maximum atomic E-state index is 11.0. The number of aromatic nitrogens is 1. The minimum Gasteiger partial charge on any atom is -0.477 e. The number of nitrogens with zero attached hydrogens (tertiary/aromatic N) is 2. The summed E-state index contributed by atoms with van der Waals surface area (Å²) >= 11 is 1.27. The molecular weight excluding hydrogens is 236 g/mol. The molecule has 1 heterocycles. The van der Waals surface area contributed by atoms with Gasteiger partial charge >= 0.3 is 5.97 Å². The zero-order valence-electron chi connectivity index (χ0n) is 10.7. The van der Waals surface area contributed by atoms with Crippen molar-refractivity contribution in [2.24, 2.45) is 0 Å². The zero-order chi connectivity index (χ0) is 12.8. The van der Waals surface area contributed by atoms with Gasteiger partial charge in [0.1, 0.15) is 4.88 Å². The third kappa shape index (κ3) is 3.70. The molecule has 0 aliphatic rings. The van der Waals surface area contributed by atoms with Gasteiger partial charge in [0.25, 0.3) is 0 Å². The summed E-state index contributed by atoms with van der Waals surface area (Å²) in [6, 6.07) is 0. The van der Waals surface area contributed by atoms with Crippen molar-refractivity contribution in [1.29, 1.82) is 0 Å². The molecule has 0 radical (unpaired) electrons. The summed E-state index contributed by atoms with van der Waals surface area (Å²) in [5.41, 5.74) is 0.694. The number of anilines is 1. The van der Waals surface area contributed by atoms with Gasteiger partial charge in [-0.3, -0.25) is 0 Å². The SMILES string of the molecule is CCCCCN(C)c1nc(CC)c(C(=O)O)s1.